The third-order valence-corrected chi connectivity index (χ3v) is 4.81. The molecule has 3 rings (SSSR count). The van der Waals surface area contributed by atoms with Crippen LogP contribution in [-0.2, 0) is 4.79 Å². The number of nitrogens with one attached hydrogen (secondary N) is 1. The number of nitrogens with zero attached hydrogens (tertiary/aromatic N) is 1. The molecule has 2 heterocycles. The largest absolute Gasteiger partial charge is 0.497 e. The molecule has 0 aliphatic carbocycles. The molecule has 1 N–H and O–H groups in total. The number of amidine groups is 1. The summed E-state index contributed by atoms with van der Waals surface area (Å²) in [7, 11) is 3.16. The fourth-order valence-corrected chi connectivity index (χ4v) is 3.53. The average Bonchev–Trinajstić information content (AvgIpc) is 3.18. The number of rotatable bonds is 4. The second kappa shape index (κ2) is 6.89. The first-order valence-electron chi connectivity index (χ1n) is 6.74. The number of carbonyl (C=O) groups excluding carboxylic acids is 1. The van der Waals surface area contributed by atoms with Crippen LogP contribution in [0.1, 0.15) is 4.88 Å². The lowest BCUT2D eigenvalue weighted by Gasteiger charge is -2.07. The number of hydrogen-bond acceptors (Lipinski definition) is 6. The van der Waals surface area contributed by atoms with Crippen molar-refractivity contribution in [2.75, 3.05) is 14.2 Å². The van der Waals surface area contributed by atoms with Gasteiger partial charge in [0.2, 0.25) is 0 Å². The van der Waals surface area contributed by atoms with E-state index in [4.69, 9.17) is 9.47 Å². The van der Waals surface area contributed by atoms with Crippen molar-refractivity contribution in [1.82, 2.24) is 5.32 Å². The Morgan fingerprint density at radius 2 is 2.09 bits per heavy atom. The Morgan fingerprint density at radius 3 is 2.78 bits per heavy atom. The second-order valence-corrected chi connectivity index (χ2v) is 6.54. The Kier molecular flexibility index (Phi) is 4.68. The maximum atomic E-state index is 12.0. The Bertz CT molecular complexity index is 783. The molecule has 0 radical (unpaired) electrons. The third kappa shape index (κ3) is 3.57. The van der Waals surface area contributed by atoms with Gasteiger partial charge in [-0.1, -0.05) is 6.07 Å². The van der Waals surface area contributed by atoms with Gasteiger partial charge in [-0.3, -0.25) is 4.79 Å². The molecule has 0 unspecified atom stereocenters. The lowest BCUT2D eigenvalue weighted by molar-refractivity contribution is -0.115. The number of ether oxygens (including phenoxy) is 2. The van der Waals surface area contributed by atoms with Crippen molar-refractivity contribution in [2.24, 2.45) is 4.99 Å². The molecule has 1 aromatic heterocycles. The zero-order valence-electron chi connectivity index (χ0n) is 12.5. The smallest absolute Gasteiger partial charge is 0.264 e. The van der Waals surface area contributed by atoms with Gasteiger partial charge >= 0.3 is 0 Å². The SMILES string of the molecule is COc1ccc(N=C2NC(=O)/C(=C\c3cccs3)S2)c(OC)c1. The first kappa shape index (κ1) is 15.6. The number of thioether (sulfide) groups is 1. The number of carbonyl (C=O) groups is 1. The van der Waals surface area contributed by atoms with Crippen LogP contribution in [0.2, 0.25) is 0 Å². The molecule has 1 aliphatic heterocycles. The third-order valence-electron chi connectivity index (χ3n) is 3.08. The lowest BCUT2D eigenvalue weighted by atomic mass is 10.3. The molecule has 23 heavy (non-hydrogen) atoms. The highest BCUT2D eigenvalue weighted by Crippen LogP contribution is 2.34. The molecule has 118 valence electrons. The van der Waals surface area contributed by atoms with E-state index in [1.807, 2.05) is 23.6 Å². The molecule has 1 fully saturated rings. The first-order chi connectivity index (χ1) is 11.2. The minimum atomic E-state index is -0.144. The summed E-state index contributed by atoms with van der Waals surface area (Å²) >= 11 is 2.89. The van der Waals surface area contributed by atoms with Crippen molar-refractivity contribution in [3.05, 3.63) is 45.5 Å². The van der Waals surface area contributed by atoms with E-state index in [2.05, 4.69) is 10.3 Å². The van der Waals surface area contributed by atoms with Crippen molar-refractivity contribution in [3.63, 3.8) is 0 Å². The van der Waals surface area contributed by atoms with E-state index in [1.54, 1.807) is 43.8 Å². The Balaban J connectivity index is 1.86. The fraction of sp³-hybridized carbons (Fsp3) is 0.125. The van der Waals surface area contributed by atoms with Crippen molar-refractivity contribution < 1.29 is 14.3 Å². The van der Waals surface area contributed by atoms with Crippen molar-refractivity contribution in [2.45, 2.75) is 0 Å². The van der Waals surface area contributed by atoms with Gasteiger partial charge in [0, 0.05) is 10.9 Å². The molecule has 2 aromatic rings. The van der Waals surface area contributed by atoms with Crippen molar-refractivity contribution >= 4 is 45.9 Å². The van der Waals surface area contributed by atoms with Crippen molar-refractivity contribution in [3.8, 4) is 11.5 Å². The Labute approximate surface area is 142 Å². The molecule has 0 saturated carbocycles. The fourth-order valence-electron chi connectivity index (χ4n) is 1.97. The molecule has 7 heteroatoms. The van der Waals surface area contributed by atoms with Crippen LogP contribution in [0.5, 0.6) is 11.5 Å². The van der Waals surface area contributed by atoms with E-state index < -0.39 is 0 Å². The summed E-state index contributed by atoms with van der Waals surface area (Å²) in [6.07, 6.45) is 1.86. The quantitative estimate of drug-likeness (QED) is 0.859. The van der Waals surface area contributed by atoms with E-state index >= 15 is 0 Å². The van der Waals surface area contributed by atoms with Crippen LogP contribution in [0.15, 0.2) is 45.6 Å². The highest BCUT2D eigenvalue weighted by molar-refractivity contribution is 8.18. The van der Waals surface area contributed by atoms with E-state index in [0.29, 0.717) is 27.3 Å². The van der Waals surface area contributed by atoms with Gasteiger partial charge in [-0.15, -0.1) is 11.3 Å². The van der Waals surface area contributed by atoms with Gasteiger partial charge in [0.1, 0.15) is 17.2 Å². The molecule has 1 aromatic carbocycles. The predicted octanol–water partition coefficient (Wildman–Crippen LogP) is 3.66. The summed E-state index contributed by atoms with van der Waals surface area (Å²) in [5.41, 5.74) is 0.633. The van der Waals surface area contributed by atoms with Gasteiger partial charge in [0.05, 0.1) is 19.1 Å². The zero-order valence-corrected chi connectivity index (χ0v) is 14.2. The van der Waals surface area contributed by atoms with E-state index in [0.717, 1.165) is 4.88 Å². The van der Waals surface area contributed by atoms with Crippen LogP contribution in [0.25, 0.3) is 6.08 Å². The standard InChI is InChI=1S/C16H14N2O3S2/c1-20-10-5-6-12(13(8-10)21-2)17-16-18-15(19)14(23-16)9-11-4-3-7-22-11/h3-9H,1-2H3,(H,17,18,19)/b14-9+. The molecular formula is C16H14N2O3S2. The molecule has 1 saturated heterocycles. The van der Waals surface area contributed by atoms with Crippen LogP contribution in [0.4, 0.5) is 5.69 Å². The Morgan fingerprint density at radius 1 is 1.22 bits per heavy atom. The van der Waals surface area contributed by atoms with Gasteiger partial charge in [0.25, 0.3) is 5.91 Å². The van der Waals surface area contributed by atoms with Gasteiger partial charge in [0.15, 0.2) is 5.17 Å². The van der Waals surface area contributed by atoms with Crippen LogP contribution in [0, 0.1) is 0 Å². The van der Waals surface area contributed by atoms with Crippen molar-refractivity contribution in [1.29, 1.82) is 0 Å². The number of methoxy groups -OCH3 is 2. The minimum Gasteiger partial charge on any atom is -0.497 e. The van der Waals surface area contributed by atoms with Gasteiger partial charge in [-0.2, -0.15) is 0 Å². The van der Waals surface area contributed by atoms with Crippen LogP contribution >= 0.6 is 23.1 Å². The maximum absolute atomic E-state index is 12.0. The molecule has 0 spiro atoms. The molecule has 0 bridgehead atoms. The predicted molar refractivity (Wildman–Crippen MR) is 94.7 cm³/mol. The van der Waals surface area contributed by atoms with Crippen LogP contribution in [0.3, 0.4) is 0 Å². The van der Waals surface area contributed by atoms with Crippen LogP contribution < -0.4 is 14.8 Å². The molecule has 1 aliphatic rings. The highest BCUT2D eigenvalue weighted by atomic mass is 32.2. The molecule has 5 nitrogen and oxygen atoms in total. The summed E-state index contributed by atoms with van der Waals surface area (Å²) < 4.78 is 10.5. The molecular weight excluding hydrogens is 332 g/mol. The normalized spacial score (nSPS) is 17.6. The number of amides is 1. The average molecular weight is 346 g/mol. The summed E-state index contributed by atoms with van der Waals surface area (Å²) in [6.45, 7) is 0. The van der Waals surface area contributed by atoms with E-state index in [9.17, 15) is 4.79 Å². The summed E-state index contributed by atoms with van der Waals surface area (Å²) in [6, 6.07) is 9.26. The van der Waals surface area contributed by atoms with E-state index in [-0.39, 0.29) is 5.91 Å². The molecule has 0 atom stereocenters. The van der Waals surface area contributed by atoms with Gasteiger partial charge in [-0.25, -0.2) is 4.99 Å². The monoisotopic (exact) mass is 346 g/mol. The lowest BCUT2D eigenvalue weighted by Crippen LogP contribution is -2.19. The molecule has 1 amide bonds. The van der Waals surface area contributed by atoms with Gasteiger partial charge < -0.3 is 14.8 Å². The second-order valence-electron chi connectivity index (χ2n) is 4.53. The summed E-state index contributed by atoms with van der Waals surface area (Å²) in [5.74, 6) is 1.13. The number of hydrogen-bond donors (Lipinski definition) is 1. The number of thiophene rings is 1. The first-order valence-corrected chi connectivity index (χ1v) is 8.44. The minimum absolute atomic E-state index is 0.144. The number of benzene rings is 1. The maximum Gasteiger partial charge on any atom is 0.264 e. The highest BCUT2D eigenvalue weighted by Gasteiger charge is 2.24. The van der Waals surface area contributed by atoms with Gasteiger partial charge in [-0.05, 0) is 41.4 Å². The number of aliphatic imine (C=N–C) groups is 1. The van der Waals surface area contributed by atoms with Crippen LogP contribution in [-0.4, -0.2) is 25.3 Å². The Hall–Kier alpha value is -2.25. The topological polar surface area (TPSA) is 59.9 Å². The van der Waals surface area contributed by atoms with E-state index in [1.165, 1.54) is 11.8 Å². The summed E-state index contributed by atoms with van der Waals surface area (Å²) in [4.78, 5) is 18.1. The zero-order chi connectivity index (χ0) is 16.2. The summed E-state index contributed by atoms with van der Waals surface area (Å²) in [5, 5.41) is 5.27.